The van der Waals surface area contributed by atoms with Crippen LogP contribution in [-0.2, 0) is 13.1 Å². The van der Waals surface area contributed by atoms with E-state index in [4.69, 9.17) is 35.2 Å². The van der Waals surface area contributed by atoms with Gasteiger partial charge in [-0.25, -0.2) is 0 Å². The van der Waals surface area contributed by atoms with Crippen LogP contribution in [0.2, 0.25) is 0 Å². The molecule has 1 heterocycles. The van der Waals surface area contributed by atoms with Gasteiger partial charge in [-0.2, -0.15) is 0 Å². The van der Waals surface area contributed by atoms with Gasteiger partial charge in [-0.1, -0.05) is 84.9 Å². The van der Waals surface area contributed by atoms with Crippen molar-refractivity contribution in [3.05, 3.63) is 133 Å². The van der Waals surface area contributed by atoms with Crippen LogP contribution in [0, 0.1) is 0 Å². The summed E-state index contributed by atoms with van der Waals surface area (Å²) in [7, 11) is 9.53. The van der Waals surface area contributed by atoms with Crippen molar-refractivity contribution in [2.45, 2.75) is 13.8 Å². The van der Waals surface area contributed by atoms with Crippen molar-refractivity contribution in [2.75, 3.05) is 0 Å². The van der Waals surface area contributed by atoms with E-state index in [9.17, 15) is 0 Å². The van der Waals surface area contributed by atoms with Gasteiger partial charge in [-0.15, -0.1) is 11.4 Å². The number of aromatic nitrogens is 1. The van der Waals surface area contributed by atoms with E-state index in [0.717, 1.165) is 45.0 Å². The number of hydrogen-bond acceptors (Lipinski definition) is 2. The fourth-order valence-corrected chi connectivity index (χ4v) is 5.34. The summed E-state index contributed by atoms with van der Waals surface area (Å²) in [6, 6.07) is 42.4. The Hall–Kier alpha value is -3.92. The molecule has 0 atom stereocenters. The van der Waals surface area contributed by atoms with E-state index in [1.807, 2.05) is 26.0 Å². The number of rotatable bonds is 4. The Morgan fingerprint density at radius 3 is 1.26 bits per heavy atom. The van der Waals surface area contributed by atoms with Crippen LogP contribution in [0.5, 0.6) is 0 Å². The summed E-state index contributed by atoms with van der Waals surface area (Å²) in [6.07, 6.45) is 0. The molecule has 0 N–H and O–H groups in total. The zero-order valence-corrected chi connectivity index (χ0v) is 25.6. The average Bonchev–Trinajstić information content (AvgIpc) is 3.51. The average molecular weight is 627 g/mol. The summed E-state index contributed by atoms with van der Waals surface area (Å²) in [5.41, 5.74) is 5.39. The molecule has 0 bridgehead atoms. The molecule has 0 saturated carbocycles. The fraction of sp³-hybridized carbons (Fsp3) is 0.0556. The van der Waals surface area contributed by atoms with Crippen molar-refractivity contribution in [2.24, 2.45) is 9.98 Å². The second-order valence-electron chi connectivity index (χ2n) is 10.1. The van der Waals surface area contributed by atoms with Crippen LogP contribution in [0.4, 0.5) is 11.4 Å². The molecule has 0 unspecified atom stereocenters. The molecule has 0 aliphatic heterocycles. The Morgan fingerprint density at radius 1 is 0.500 bits per heavy atom. The molecule has 0 fully saturated rings. The van der Waals surface area contributed by atoms with E-state index in [0.29, 0.717) is 0 Å². The molecule has 0 amide bonds. The summed E-state index contributed by atoms with van der Waals surface area (Å²) in [4.78, 5) is 14.9. The predicted molar refractivity (Wildman–Crippen MR) is 178 cm³/mol. The molecule has 3 nitrogen and oxygen atoms in total. The number of hydrogen-bond donors (Lipinski definition) is 0. The van der Waals surface area contributed by atoms with Crippen LogP contribution >= 0.6 is 20.2 Å². The van der Waals surface area contributed by atoms with Crippen molar-refractivity contribution < 1.29 is 13.1 Å². The van der Waals surface area contributed by atoms with E-state index in [2.05, 4.69) is 109 Å². The van der Waals surface area contributed by atoms with Gasteiger partial charge < -0.3 is 4.98 Å². The van der Waals surface area contributed by atoms with Crippen LogP contribution in [0.1, 0.15) is 25.2 Å². The third-order valence-electron chi connectivity index (χ3n) is 7.41. The number of benzene rings is 6. The van der Waals surface area contributed by atoms with Gasteiger partial charge in [0.1, 0.15) is 0 Å². The Bertz CT molecular complexity index is 1980. The monoisotopic (exact) mass is 626 g/mol. The van der Waals surface area contributed by atoms with E-state index >= 15 is 0 Å². The summed E-state index contributed by atoms with van der Waals surface area (Å²) in [6.45, 7) is 4.04. The quantitative estimate of drug-likeness (QED) is 0.109. The molecule has 0 aliphatic rings. The van der Waals surface area contributed by atoms with Crippen molar-refractivity contribution in [1.29, 1.82) is 0 Å². The van der Waals surface area contributed by atoms with Gasteiger partial charge in [-0.05, 0) is 82.6 Å². The summed E-state index contributed by atoms with van der Waals surface area (Å²) in [5, 5.41) is 9.56. The van der Waals surface area contributed by atoms with Crippen LogP contribution in [-0.4, -0.2) is 11.4 Å². The maximum atomic E-state index is 5.01. The van der Waals surface area contributed by atoms with Gasteiger partial charge in [0, 0.05) is 22.2 Å². The normalized spacial score (nSPS) is 12.2. The van der Waals surface area contributed by atoms with Gasteiger partial charge in [0.15, 0.2) is 0 Å². The minimum atomic E-state index is 0.194. The SMILES string of the molecule is CC(=Nc1cccc2cc3ccccc3cc12)c1ccc(C(C)=Nc2cccc3cc4ccccc4cc23)[n-]1.[Cl][Fe+][Cl]. The third-order valence-corrected chi connectivity index (χ3v) is 7.41. The van der Waals surface area contributed by atoms with E-state index in [-0.39, 0.29) is 13.1 Å². The fourth-order valence-electron chi connectivity index (χ4n) is 5.34. The van der Waals surface area contributed by atoms with Crippen molar-refractivity contribution >= 4 is 86.1 Å². The topological polar surface area (TPSA) is 38.8 Å². The molecule has 0 spiro atoms. The molecule has 6 aromatic carbocycles. The van der Waals surface area contributed by atoms with Crippen LogP contribution in [0.3, 0.4) is 0 Å². The molecular formula is C36H26Cl2FeN3. The summed E-state index contributed by atoms with van der Waals surface area (Å²) < 4.78 is 0. The molecule has 0 saturated heterocycles. The molecular weight excluding hydrogens is 601 g/mol. The minimum absolute atomic E-state index is 0.194. The first-order valence-electron chi connectivity index (χ1n) is 13.5. The molecule has 1 aromatic heterocycles. The van der Waals surface area contributed by atoms with E-state index in [1.54, 1.807) is 0 Å². The zero-order chi connectivity index (χ0) is 29.1. The van der Waals surface area contributed by atoms with E-state index in [1.165, 1.54) is 32.3 Å². The molecule has 42 heavy (non-hydrogen) atoms. The number of aliphatic imine (C=N–C) groups is 2. The molecule has 6 heteroatoms. The van der Waals surface area contributed by atoms with Crippen LogP contribution in [0.25, 0.3) is 43.1 Å². The molecule has 0 aliphatic carbocycles. The Kier molecular flexibility index (Phi) is 8.41. The van der Waals surface area contributed by atoms with Gasteiger partial charge in [0.25, 0.3) is 0 Å². The second-order valence-corrected chi connectivity index (χ2v) is 11.9. The molecule has 7 aromatic rings. The molecule has 0 radical (unpaired) electrons. The first kappa shape index (κ1) is 28.2. The Labute approximate surface area is 259 Å². The van der Waals surface area contributed by atoms with Gasteiger partial charge in [-0.3, -0.25) is 9.98 Å². The first-order chi connectivity index (χ1) is 20.5. The second kappa shape index (κ2) is 12.5. The zero-order valence-electron chi connectivity index (χ0n) is 23.0. The predicted octanol–water partition coefficient (Wildman–Crippen LogP) is 10.9. The van der Waals surface area contributed by atoms with E-state index < -0.39 is 0 Å². The number of halogens is 2. The summed E-state index contributed by atoms with van der Waals surface area (Å²) >= 11 is 0.194. The Balaban J connectivity index is 0.00000101. The van der Waals surface area contributed by atoms with Crippen molar-refractivity contribution in [3.63, 3.8) is 0 Å². The Morgan fingerprint density at radius 2 is 0.857 bits per heavy atom. The number of fused-ring (bicyclic) bond motifs is 4. The van der Waals surface area contributed by atoms with Crippen LogP contribution < -0.4 is 4.98 Å². The third kappa shape index (κ3) is 5.86. The number of nitrogens with zero attached hydrogens (tertiary/aromatic N) is 3. The maximum absolute atomic E-state index is 5.01. The van der Waals surface area contributed by atoms with Crippen LogP contribution in [0.15, 0.2) is 131 Å². The van der Waals surface area contributed by atoms with Gasteiger partial charge >= 0.3 is 33.3 Å². The standard InChI is InChI=1S/C36H26N3.2ClH.Fe/c1-23(37-35-15-7-13-29-19-25-9-3-5-11-27(25)21-31(29)35)33-17-18-34(39-33)24(2)38-36-16-8-14-30-20-26-10-4-6-12-28(26)22-32(30)36;;;/h3-22H,1-2H3;2*1H;/q-1;;;+3/p-2. The molecule has 7 rings (SSSR count). The summed E-state index contributed by atoms with van der Waals surface area (Å²) in [5.74, 6) is 0. The molecule has 207 valence electrons. The first-order valence-corrected chi connectivity index (χ1v) is 16.5. The van der Waals surface area contributed by atoms with Gasteiger partial charge in [0.2, 0.25) is 0 Å². The van der Waals surface area contributed by atoms with Crippen molar-refractivity contribution in [3.8, 4) is 0 Å². The van der Waals surface area contributed by atoms with Crippen molar-refractivity contribution in [1.82, 2.24) is 4.98 Å². The van der Waals surface area contributed by atoms with Gasteiger partial charge in [0.05, 0.1) is 11.4 Å².